The summed E-state index contributed by atoms with van der Waals surface area (Å²) in [6, 6.07) is 0. The fraction of sp³-hybridized carbons (Fsp3) is 0. The summed E-state index contributed by atoms with van der Waals surface area (Å²) in [5.41, 5.74) is 0. The van der Waals surface area contributed by atoms with Crippen molar-refractivity contribution in [3.05, 3.63) is 10.7 Å². The zero-order valence-corrected chi connectivity index (χ0v) is 4.20. The van der Waals surface area contributed by atoms with Crippen molar-refractivity contribution < 1.29 is 24.6 Å². The van der Waals surface area contributed by atoms with E-state index < -0.39 is 21.8 Å². The van der Waals surface area contributed by atoms with Gasteiger partial charge in [-0.2, -0.15) is 0 Å². The Morgan fingerprint density at radius 2 is 2.25 bits per heavy atom. The van der Waals surface area contributed by atoms with Gasteiger partial charge in [-0.15, -0.1) is 0 Å². The molecule has 0 amide bonds. The molecule has 0 N–H and O–H groups in total. The van der Waals surface area contributed by atoms with Gasteiger partial charge < -0.3 is 0 Å². The van der Waals surface area contributed by atoms with E-state index in [-0.39, 0.29) is 0 Å². The molecule has 0 unspecified atom stereocenters. The van der Waals surface area contributed by atoms with Crippen LogP contribution in [0, 0.1) is 0 Å². The van der Waals surface area contributed by atoms with Crippen LogP contribution in [0.25, 0.3) is 0 Å². The van der Waals surface area contributed by atoms with Gasteiger partial charge in [-0.25, -0.2) is 0 Å². The predicted octanol–water partition coefficient (Wildman–Crippen LogP) is -1.90. The molecule has 0 aromatic heterocycles. The van der Waals surface area contributed by atoms with Crippen LogP contribution in [0.5, 0.6) is 0 Å². The first-order valence-electron chi connectivity index (χ1n) is 0.769. The van der Waals surface area contributed by atoms with Gasteiger partial charge in [-0.05, 0) is 0 Å². The van der Waals surface area contributed by atoms with E-state index in [1.807, 2.05) is 0 Å². The van der Waals surface area contributed by atoms with Crippen molar-refractivity contribution >= 4 is 0 Å². The minimum absolute atomic E-state index is 1.13. The average Bonchev–Trinajstić information content (AvgIpc) is 1.37. The van der Waals surface area contributed by atoms with Gasteiger partial charge >= 0.3 is 35.3 Å². The van der Waals surface area contributed by atoms with Gasteiger partial charge in [0.05, 0.1) is 0 Å². The first kappa shape index (κ1) is 4.40. The van der Waals surface area contributed by atoms with E-state index in [2.05, 4.69) is 6.58 Å². The Bertz CT molecular complexity index is 20.0. The Morgan fingerprint density at radius 3 is 2.25 bits per heavy atom. The predicted molar refractivity (Wildman–Crippen MR) is 11.3 cm³/mol. The van der Waals surface area contributed by atoms with E-state index in [9.17, 15) is 2.86 Å². The van der Waals surface area contributed by atoms with Crippen molar-refractivity contribution in [3.8, 4) is 0 Å². The summed E-state index contributed by atoms with van der Waals surface area (Å²) in [6.45, 7) is 3.15. The molecule has 0 nitrogen and oxygen atoms in total. The van der Waals surface area contributed by atoms with Crippen molar-refractivity contribution in [2.75, 3.05) is 0 Å². The second-order valence-electron chi connectivity index (χ2n) is 0.237. The van der Waals surface area contributed by atoms with Gasteiger partial charge in [0.1, 0.15) is 0 Å². The molecule has 0 rings (SSSR count). The van der Waals surface area contributed by atoms with Crippen LogP contribution in [-0.4, -0.2) is 0 Å². The van der Waals surface area contributed by atoms with Crippen molar-refractivity contribution in [2.45, 2.75) is 0 Å². The van der Waals surface area contributed by atoms with E-state index in [1.54, 1.807) is 0 Å². The fourth-order valence-electron chi connectivity index (χ4n) is 0. The molecule has 0 heterocycles. The topological polar surface area (TPSA) is 0 Å². The van der Waals surface area contributed by atoms with Gasteiger partial charge in [0.25, 0.3) is 0 Å². The number of halogens is 2. The Hall–Kier alpha value is 0.400. The van der Waals surface area contributed by atoms with Crippen molar-refractivity contribution in [2.24, 2.45) is 0 Å². The first-order valence-corrected chi connectivity index (χ1v) is 2.83. The van der Waals surface area contributed by atoms with Crippen LogP contribution in [0.1, 0.15) is 0 Å². The van der Waals surface area contributed by atoms with E-state index in [1.165, 1.54) is 4.08 Å². The van der Waals surface area contributed by atoms with Crippen LogP contribution in [0.2, 0.25) is 0 Å². The van der Waals surface area contributed by atoms with Crippen LogP contribution in [0.4, 0.5) is 2.86 Å². The minimum atomic E-state index is -1.13. The van der Waals surface area contributed by atoms with Gasteiger partial charge in [0.2, 0.25) is 0 Å². The standard InChI is InChI=1S/C2H3FI/c1-2-4-3/h2H,1H2/q-1. The molecule has 0 aliphatic heterocycles. The normalized spacial score (nSPS) is 7.25. The number of hydrogen-bond acceptors (Lipinski definition) is 0. The van der Waals surface area contributed by atoms with Crippen molar-refractivity contribution in [1.29, 1.82) is 0 Å². The van der Waals surface area contributed by atoms with Crippen LogP contribution >= 0.6 is 0 Å². The van der Waals surface area contributed by atoms with Crippen LogP contribution < -0.4 is 21.8 Å². The first-order chi connectivity index (χ1) is 1.91. The van der Waals surface area contributed by atoms with E-state index in [4.69, 9.17) is 0 Å². The molecule has 0 aliphatic carbocycles. The second-order valence-corrected chi connectivity index (χ2v) is 1.59. The zero-order valence-electron chi connectivity index (χ0n) is 2.04. The molecule has 0 atom stereocenters. The van der Waals surface area contributed by atoms with Crippen molar-refractivity contribution in [3.63, 3.8) is 0 Å². The van der Waals surface area contributed by atoms with Crippen molar-refractivity contribution in [1.82, 2.24) is 0 Å². The Labute approximate surface area is 35.7 Å². The third kappa shape index (κ3) is 2.40. The Kier molecular flexibility index (Phi) is 3.74. The molecule has 0 aliphatic rings. The quantitative estimate of drug-likeness (QED) is 0.406. The Balaban J connectivity index is 2.30. The molecule has 26 valence electrons. The summed E-state index contributed by atoms with van der Waals surface area (Å²) in [4.78, 5) is 0. The van der Waals surface area contributed by atoms with Gasteiger partial charge in [-0.3, -0.25) is 0 Å². The molecule has 0 aromatic carbocycles. The second kappa shape index (κ2) is 3.40. The monoisotopic (exact) mass is 173 g/mol. The van der Waals surface area contributed by atoms with E-state index >= 15 is 0 Å². The van der Waals surface area contributed by atoms with E-state index in [0.717, 1.165) is 0 Å². The van der Waals surface area contributed by atoms with E-state index in [0.29, 0.717) is 0 Å². The molecule has 0 saturated heterocycles. The molecule has 4 heavy (non-hydrogen) atoms. The molecule has 0 bridgehead atoms. The van der Waals surface area contributed by atoms with Gasteiger partial charge in [0.15, 0.2) is 0 Å². The molecular formula is C2H3FI-. The molecule has 2 heteroatoms. The maximum atomic E-state index is 10.7. The fourth-order valence-corrected chi connectivity index (χ4v) is 0. The summed E-state index contributed by atoms with van der Waals surface area (Å²) in [5, 5.41) is 0. The maximum absolute atomic E-state index is 10.7. The average molecular weight is 173 g/mol. The molecule has 0 radical (unpaired) electrons. The molecular weight excluding hydrogens is 170 g/mol. The van der Waals surface area contributed by atoms with Crippen LogP contribution in [0.15, 0.2) is 10.7 Å². The SMILES string of the molecule is C=C[I-]F. The molecule has 0 fully saturated rings. The third-order valence-corrected chi connectivity index (χ3v) is 0.391. The zero-order chi connectivity index (χ0) is 3.41. The van der Waals surface area contributed by atoms with Gasteiger partial charge in [-0.1, -0.05) is 0 Å². The summed E-state index contributed by atoms with van der Waals surface area (Å²) in [7, 11) is 0. The Morgan fingerprint density at radius 1 is 2.00 bits per heavy atom. The third-order valence-electron chi connectivity index (χ3n) is 0.0583. The number of hydrogen-bond donors (Lipinski definition) is 0. The molecule has 0 aromatic rings. The molecule has 0 saturated carbocycles. The summed E-state index contributed by atoms with van der Waals surface area (Å²) < 4.78 is 12.0. The van der Waals surface area contributed by atoms with Crippen LogP contribution in [0.3, 0.4) is 0 Å². The summed E-state index contributed by atoms with van der Waals surface area (Å²) in [6.07, 6.45) is 0. The summed E-state index contributed by atoms with van der Waals surface area (Å²) >= 11 is -1.13. The van der Waals surface area contributed by atoms with Crippen LogP contribution in [-0.2, 0) is 0 Å². The summed E-state index contributed by atoms with van der Waals surface area (Å²) in [5.74, 6) is 0. The molecule has 0 spiro atoms. The van der Waals surface area contributed by atoms with Gasteiger partial charge in [0, 0.05) is 0 Å². The number of rotatable bonds is 1.